The molecule has 0 spiro atoms. The van der Waals surface area contributed by atoms with Gasteiger partial charge in [0.2, 0.25) is 0 Å². The smallest absolute Gasteiger partial charge is 0.320 e. The molecule has 3 rings (SSSR count). The number of benzene rings is 1. The molecule has 1 saturated heterocycles. The van der Waals surface area contributed by atoms with Gasteiger partial charge in [-0.25, -0.2) is 0 Å². The number of carboxylic acids is 1. The standard InChI is InChI=1S/C20H25NO3S/c1-3-16-10-11-18(25-16)19(14-7-6-8-15(13-14)24-2)21-12-5-4-9-17(21)20(22)23/h6-8,10-11,13,17,19H,3-5,9,12H2,1-2H3,(H,22,23). The number of rotatable bonds is 6. The van der Waals surface area contributed by atoms with E-state index in [9.17, 15) is 9.90 Å². The van der Waals surface area contributed by atoms with Gasteiger partial charge in [-0.05, 0) is 55.6 Å². The Morgan fingerprint density at radius 2 is 2.20 bits per heavy atom. The molecule has 0 aliphatic carbocycles. The lowest BCUT2D eigenvalue weighted by Gasteiger charge is -2.39. The van der Waals surface area contributed by atoms with Gasteiger partial charge in [0.1, 0.15) is 11.8 Å². The van der Waals surface area contributed by atoms with E-state index in [0.29, 0.717) is 6.42 Å². The number of hydrogen-bond donors (Lipinski definition) is 1. The molecule has 4 nitrogen and oxygen atoms in total. The SMILES string of the molecule is CCc1ccc(C(c2cccc(OC)c2)N2CCCCC2C(=O)O)s1. The van der Waals surface area contributed by atoms with Crippen molar-refractivity contribution in [3.05, 3.63) is 51.7 Å². The average molecular weight is 359 g/mol. The van der Waals surface area contributed by atoms with Crippen molar-refractivity contribution in [2.24, 2.45) is 0 Å². The van der Waals surface area contributed by atoms with Crippen LogP contribution in [0.25, 0.3) is 0 Å². The van der Waals surface area contributed by atoms with E-state index in [0.717, 1.165) is 37.1 Å². The zero-order valence-corrected chi connectivity index (χ0v) is 15.6. The van der Waals surface area contributed by atoms with Crippen LogP contribution in [0, 0.1) is 0 Å². The van der Waals surface area contributed by atoms with E-state index in [1.54, 1.807) is 18.4 Å². The summed E-state index contributed by atoms with van der Waals surface area (Å²) in [7, 11) is 1.66. The van der Waals surface area contributed by atoms with Crippen LogP contribution in [0.5, 0.6) is 5.75 Å². The van der Waals surface area contributed by atoms with Crippen LogP contribution in [0.3, 0.4) is 0 Å². The highest BCUT2D eigenvalue weighted by Crippen LogP contribution is 2.38. The summed E-state index contributed by atoms with van der Waals surface area (Å²) < 4.78 is 5.40. The molecule has 1 aromatic heterocycles. The highest BCUT2D eigenvalue weighted by molar-refractivity contribution is 7.12. The first-order valence-electron chi connectivity index (χ1n) is 8.85. The Balaban J connectivity index is 2.05. The van der Waals surface area contributed by atoms with Crippen molar-refractivity contribution in [2.75, 3.05) is 13.7 Å². The molecule has 1 aliphatic heterocycles. The Morgan fingerprint density at radius 1 is 1.36 bits per heavy atom. The molecular formula is C20H25NO3S. The number of thiophene rings is 1. The van der Waals surface area contributed by atoms with Crippen molar-refractivity contribution in [3.63, 3.8) is 0 Å². The lowest BCUT2D eigenvalue weighted by Crippen LogP contribution is -2.46. The first-order chi connectivity index (χ1) is 12.1. The molecule has 2 unspecified atom stereocenters. The van der Waals surface area contributed by atoms with Gasteiger partial charge in [0.15, 0.2) is 0 Å². The number of carbonyl (C=O) groups is 1. The number of ether oxygens (including phenoxy) is 1. The van der Waals surface area contributed by atoms with Gasteiger partial charge >= 0.3 is 5.97 Å². The normalized spacial score (nSPS) is 19.5. The third-order valence-electron chi connectivity index (χ3n) is 4.87. The maximum atomic E-state index is 11.9. The van der Waals surface area contributed by atoms with E-state index >= 15 is 0 Å². The fourth-order valence-corrected chi connectivity index (χ4v) is 4.69. The Labute approximate surface area is 153 Å². The number of likely N-dealkylation sites (tertiary alicyclic amines) is 1. The molecule has 134 valence electrons. The zero-order valence-electron chi connectivity index (χ0n) is 14.8. The van der Waals surface area contributed by atoms with Gasteiger partial charge in [0, 0.05) is 9.75 Å². The van der Waals surface area contributed by atoms with Crippen molar-refractivity contribution >= 4 is 17.3 Å². The van der Waals surface area contributed by atoms with Gasteiger partial charge in [-0.1, -0.05) is 25.5 Å². The van der Waals surface area contributed by atoms with E-state index in [1.165, 1.54) is 9.75 Å². The summed E-state index contributed by atoms with van der Waals surface area (Å²) in [4.78, 5) is 16.5. The van der Waals surface area contributed by atoms with Gasteiger partial charge in [-0.15, -0.1) is 11.3 Å². The number of hydrogen-bond acceptors (Lipinski definition) is 4. The minimum absolute atomic E-state index is 0.0400. The molecular weight excluding hydrogens is 334 g/mol. The van der Waals surface area contributed by atoms with Crippen LogP contribution in [0.2, 0.25) is 0 Å². The topological polar surface area (TPSA) is 49.8 Å². The van der Waals surface area contributed by atoms with Crippen LogP contribution in [-0.4, -0.2) is 35.7 Å². The molecule has 2 atom stereocenters. The second-order valence-corrected chi connectivity index (χ2v) is 7.62. The highest BCUT2D eigenvalue weighted by atomic mass is 32.1. The Kier molecular flexibility index (Phi) is 5.76. The predicted molar refractivity (Wildman–Crippen MR) is 101 cm³/mol. The maximum Gasteiger partial charge on any atom is 0.320 e. The van der Waals surface area contributed by atoms with E-state index < -0.39 is 12.0 Å². The number of aliphatic carboxylic acids is 1. The van der Waals surface area contributed by atoms with Crippen LogP contribution in [0.1, 0.15) is 47.5 Å². The Morgan fingerprint density at radius 3 is 2.88 bits per heavy atom. The Bertz CT molecular complexity index is 727. The number of piperidine rings is 1. The molecule has 1 fully saturated rings. The molecule has 5 heteroatoms. The molecule has 2 heterocycles. The summed E-state index contributed by atoms with van der Waals surface area (Å²) in [6, 6.07) is 11.9. The summed E-state index contributed by atoms with van der Waals surface area (Å²) in [5, 5.41) is 9.74. The van der Waals surface area contributed by atoms with Crippen LogP contribution in [0.15, 0.2) is 36.4 Å². The van der Waals surface area contributed by atoms with E-state index in [-0.39, 0.29) is 6.04 Å². The zero-order chi connectivity index (χ0) is 17.8. The molecule has 25 heavy (non-hydrogen) atoms. The minimum atomic E-state index is -0.722. The second-order valence-electron chi connectivity index (χ2n) is 6.42. The molecule has 0 radical (unpaired) electrons. The highest BCUT2D eigenvalue weighted by Gasteiger charge is 2.35. The first kappa shape index (κ1) is 18.0. The predicted octanol–water partition coefficient (Wildman–Crippen LogP) is 4.35. The van der Waals surface area contributed by atoms with Crippen molar-refractivity contribution in [2.45, 2.75) is 44.7 Å². The number of carboxylic acid groups (broad SMARTS) is 1. The van der Waals surface area contributed by atoms with Gasteiger partial charge in [-0.3, -0.25) is 9.69 Å². The van der Waals surface area contributed by atoms with Gasteiger partial charge in [0.25, 0.3) is 0 Å². The molecule has 0 amide bonds. The molecule has 2 aromatic rings. The van der Waals surface area contributed by atoms with Crippen LogP contribution < -0.4 is 4.74 Å². The third-order valence-corrected chi connectivity index (χ3v) is 6.15. The fourth-order valence-electron chi connectivity index (χ4n) is 3.59. The summed E-state index contributed by atoms with van der Waals surface area (Å²) in [6.07, 6.45) is 3.72. The molecule has 1 aliphatic rings. The Hall–Kier alpha value is -1.85. The van der Waals surface area contributed by atoms with Gasteiger partial charge in [0.05, 0.1) is 13.2 Å². The van der Waals surface area contributed by atoms with Gasteiger partial charge in [-0.2, -0.15) is 0 Å². The van der Waals surface area contributed by atoms with Crippen molar-refractivity contribution in [1.29, 1.82) is 0 Å². The van der Waals surface area contributed by atoms with E-state index in [1.807, 2.05) is 18.2 Å². The summed E-state index contributed by atoms with van der Waals surface area (Å²) >= 11 is 1.78. The van der Waals surface area contributed by atoms with Gasteiger partial charge < -0.3 is 9.84 Å². The van der Waals surface area contributed by atoms with Crippen molar-refractivity contribution in [1.82, 2.24) is 4.90 Å². The quantitative estimate of drug-likeness (QED) is 0.833. The van der Waals surface area contributed by atoms with Crippen LogP contribution in [-0.2, 0) is 11.2 Å². The molecule has 0 saturated carbocycles. The molecule has 1 N–H and O–H groups in total. The lowest BCUT2D eigenvalue weighted by atomic mass is 9.95. The monoisotopic (exact) mass is 359 g/mol. The molecule has 1 aromatic carbocycles. The minimum Gasteiger partial charge on any atom is -0.497 e. The second kappa shape index (κ2) is 8.02. The number of methoxy groups -OCH3 is 1. The fraction of sp³-hybridized carbons (Fsp3) is 0.450. The summed E-state index contributed by atoms with van der Waals surface area (Å²) in [6.45, 7) is 2.95. The van der Waals surface area contributed by atoms with E-state index in [4.69, 9.17) is 4.74 Å². The van der Waals surface area contributed by atoms with Crippen molar-refractivity contribution < 1.29 is 14.6 Å². The maximum absolute atomic E-state index is 11.9. The lowest BCUT2D eigenvalue weighted by molar-refractivity contribution is -0.145. The molecule has 0 bridgehead atoms. The van der Waals surface area contributed by atoms with E-state index in [2.05, 4.69) is 30.0 Å². The van der Waals surface area contributed by atoms with Crippen LogP contribution >= 0.6 is 11.3 Å². The van der Waals surface area contributed by atoms with Crippen LogP contribution in [0.4, 0.5) is 0 Å². The first-order valence-corrected chi connectivity index (χ1v) is 9.66. The van der Waals surface area contributed by atoms with Crippen molar-refractivity contribution in [3.8, 4) is 5.75 Å². The number of nitrogens with zero attached hydrogens (tertiary/aromatic N) is 1. The summed E-state index contributed by atoms with van der Waals surface area (Å²) in [5.74, 6) is 0.0820. The summed E-state index contributed by atoms with van der Waals surface area (Å²) in [5.41, 5.74) is 1.09. The average Bonchev–Trinajstić information content (AvgIpc) is 3.11. The number of aryl methyl sites for hydroxylation is 1. The largest absolute Gasteiger partial charge is 0.497 e. The third kappa shape index (κ3) is 3.88.